The fourth-order valence-corrected chi connectivity index (χ4v) is 2.21. The number of hydrogen-bond acceptors (Lipinski definition) is 4. The molecule has 1 aromatic carbocycles. The Morgan fingerprint density at radius 2 is 2.16 bits per heavy atom. The normalized spacial score (nSPS) is 15.3. The van der Waals surface area contributed by atoms with Crippen LogP contribution >= 0.6 is 0 Å². The largest absolute Gasteiger partial charge is 0.504 e. The summed E-state index contributed by atoms with van der Waals surface area (Å²) in [5.74, 6) is 0.753. The van der Waals surface area contributed by atoms with Crippen molar-refractivity contribution in [3.05, 3.63) is 23.8 Å². The molecule has 1 fully saturated rings. The van der Waals surface area contributed by atoms with E-state index >= 15 is 0 Å². The smallest absolute Gasteiger partial charge is 0.222 e. The fourth-order valence-electron chi connectivity index (χ4n) is 2.21. The highest BCUT2D eigenvalue weighted by molar-refractivity contribution is 5.76. The molecule has 1 saturated heterocycles. The number of phenols is 1. The Bertz CT molecular complexity index is 442. The average molecular weight is 264 g/mol. The Kier molecular flexibility index (Phi) is 4.63. The van der Waals surface area contributed by atoms with Gasteiger partial charge in [0, 0.05) is 32.6 Å². The highest BCUT2D eigenvalue weighted by Crippen LogP contribution is 2.26. The molecule has 1 aromatic rings. The lowest BCUT2D eigenvalue weighted by molar-refractivity contribution is -0.131. The molecule has 5 nitrogen and oxygen atoms in total. The zero-order chi connectivity index (χ0) is 13.7. The molecule has 0 radical (unpaired) electrons. The summed E-state index contributed by atoms with van der Waals surface area (Å²) in [6.07, 6.45) is 1.12. The van der Waals surface area contributed by atoms with Gasteiger partial charge < -0.3 is 20.1 Å². The molecule has 1 aliphatic heterocycles. The number of aryl methyl sites for hydroxylation is 1. The fraction of sp³-hybridized carbons (Fsp3) is 0.500. The SMILES string of the molecule is COc1ccc(CCC(=O)N2CCNCC2)cc1O. The second-order valence-corrected chi connectivity index (χ2v) is 4.64. The summed E-state index contributed by atoms with van der Waals surface area (Å²) in [5, 5.41) is 12.9. The average Bonchev–Trinajstić information content (AvgIpc) is 2.46. The van der Waals surface area contributed by atoms with Crippen LogP contribution in [0.15, 0.2) is 18.2 Å². The van der Waals surface area contributed by atoms with Gasteiger partial charge in [0.1, 0.15) is 0 Å². The molecule has 0 unspecified atom stereocenters. The lowest BCUT2D eigenvalue weighted by atomic mass is 10.1. The number of carbonyl (C=O) groups is 1. The number of piperazine rings is 1. The number of carbonyl (C=O) groups excluding carboxylic acids is 1. The van der Waals surface area contributed by atoms with Crippen LogP contribution in [-0.4, -0.2) is 49.2 Å². The molecule has 1 heterocycles. The molecule has 5 heteroatoms. The van der Waals surface area contributed by atoms with E-state index in [2.05, 4.69) is 5.32 Å². The van der Waals surface area contributed by atoms with Gasteiger partial charge in [-0.15, -0.1) is 0 Å². The van der Waals surface area contributed by atoms with Crippen LogP contribution in [0.2, 0.25) is 0 Å². The Morgan fingerprint density at radius 1 is 1.42 bits per heavy atom. The van der Waals surface area contributed by atoms with E-state index in [1.54, 1.807) is 12.1 Å². The highest BCUT2D eigenvalue weighted by Gasteiger charge is 2.15. The molecule has 0 aliphatic carbocycles. The predicted octanol–water partition coefficient (Wildman–Crippen LogP) is 0.765. The molecule has 1 aliphatic rings. The van der Waals surface area contributed by atoms with Gasteiger partial charge in [0.2, 0.25) is 5.91 Å². The standard InChI is InChI=1S/C14H20N2O3/c1-19-13-4-2-11(10-12(13)17)3-5-14(18)16-8-6-15-7-9-16/h2,4,10,15,17H,3,5-9H2,1H3. The van der Waals surface area contributed by atoms with E-state index in [4.69, 9.17) is 4.74 Å². The number of ether oxygens (including phenoxy) is 1. The van der Waals surface area contributed by atoms with Crippen molar-refractivity contribution in [2.24, 2.45) is 0 Å². The quantitative estimate of drug-likeness (QED) is 0.843. The van der Waals surface area contributed by atoms with Crippen molar-refractivity contribution >= 4 is 5.91 Å². The van der Waals surface area contributed by atoms with E-state index < -0.39 is 0 Å². The summed E-state index contributed by atoms with van der Waals surface area (Å²) in [6, 6.07) is 5.26. The summed E-state index contributed by atoms with van der Waals surface area (Å²) >= 11 is 0. The van der Waals surface area contributed by atoms with Crippen LogP contribution in [-0.2, 0) is 11.2 Å². The lowest BCUT2D eigenvalue weighted by Crippen LogP contribution is -2.46. The van der Waals surface area contributed by atoms with E-state index in [1.807, 2.05) is 11.0 Å². The van der Waals surface area contributed by atoms with E-state index in [1.165, 1.54) is 7.11 Å². The van der Waals surface area contributed by atoms with Gasteiger partial charge in [-0.2, -0.15) is 0 Å². The van der Waals surface area contributed by atoms with Gasteiger partial charge in [0.15, 0.2) is 11.5 Å². The third-order valence-corrected chi connectivity index (χ3v) is 3.34. The molecule has 0 saturated carbocycles. The van der Waals surface area contributed by atoms with Gasteiger partial charge in [0.05, 0.1) is 7.11 Å². The monoisotopic (exact) mass is 264 g/mol. The zero-order valence-corrected chi connectivity index (χ0v) is 11.2. The second kappa shape index (κ2) is 6.43. The predicted molar refractivity (Wildman–Crippen MR) is 72.4 cm³/mol. The molecule has 19 heavy (non-hydrogen) atoms. The van der Waals surface area contributed by atoms with Crippen molar-refractivity contribution in [1.82, 2.24) is 10.2 Å². The molecule has 0 atom stereocenters. The first-order valence-corrected chi connectivity index (χ1v) is 6.55. The van der Waals surface area contributed by atoms with Gasteiger partial charge in [0.25, 0.3) is 0 Å². The van der Waals surface area contributed by atoms with Crippen LogP contribution < -0.4 is 10.1 Å². The number of phenolic OH excluding ortho intramolecular Hbond substituents is 1. The van der Waals surface area contributed by atoms with Crippen LogP contribution in [0.25, 0.3) is 0 Å². The number of hydrogen-bond donors (Lipinski definition) is 2. The minimum atomic E-state index is 0.120. The summed E-state index contributed by atoms with van der Waals surface area (Å²) in [5.41, 5.74) is 0.946. The number of methoxy groups -OCH3 is 1. The van der Waals surface area contributed by atoms with Crippen LogP contribution in [0.3, 0.4) is 0 Å². The van der Waals surface area contributed by atoms with Crippen molar-refractivity contribution in [3.8, 4) is 11.5 Å². The number of aromatic hydroxyl groups is 1. The molecule has 0 spiro atoms. The van der Waals surface area contributed by atoms with Crippen molar-refractivity contribution in [1.29, 1.82) is 0 Å². The molecular formula is C14H20N2O3. The number of benzene rings is 1. The molecular weight excluding hydrogens is 244 g/mol. The van der Waals surface area contributed by atoms with E-state index in [0.717, 1.165) is 31.7 Å². The van der Waals surface area contributed by atoms with Gasteiger partial charge in [-0.25, -0.2) is 0 Å². The van der Waals surface area contributed by atoms with E-state index in [9.17, 15) is 9.90 Å². The van der Waals surface area contributed by atoms with Crippen molar-refractivity contribution in [2.75, 3.05) is 33.3 Å². The van der Waals surface area contributed by atoms with Gasteiger partial charge in [-0.3, -0.25) is 4.79 Å². The van der Waals surface area contributed by atoms with Crippen LogP contribution in [0.1, 0.15) is 12.0 Å². The number of nitrogens with one attached hydrogen (secondary N) is 1. The molecule has 0 aromatic heterocycles. The Labute approximate surface area is 113 Å². The van der Waals surface area contributed by atoms with Crippen LogP contribution in [0.5, 0.6) is 11.5 Å². The maximum absolute atomic E-state index is 12.0. The second-order valence-electron chi connectivity index (χ2n) is 4.64. The summed E-state index contributed by atoms with van der Waals surface area (Å²) in [6.45, 7) is 3.31. The van der Waals surface area contributed by atoms with Gasteiger partial charge in [-0.1, -0.05) is 6.07 Å². The van der Waals surface area contributed by atoms with Gasteiger partial charge in [-0.05, 0) is 24.1 Å². The number of nitrogens with zero attached hydrogens (tertiary/aromatic N) is 1. The third kappa shape index (κ3) is 3.61. The van der Waals surface area contributed by atoms with Crippen molar-refractivity contribution < 1.29 is 14.6 Å². The van der Waals surface area contributed by atoms with Crippen LogP contribution in [0, 0.1) is 0 Å². The van der Waals surface area contributed by atoms with E-state index in [0.29, 0.717) is 18.6 Å². The van der Waals surface area contributed by atoms with Crippen LogP contribution in [0.4, 0.5) is 0 Å². The van der Waals surface area contributed by atoms with Crippen molar-refractivity contribution in [2.45, 2.75) is 12.8 Å². The summed E-state index contributed by atoms with van der Waals surface area (Å²) in [4.78, 5) is 13.9. The summed E-state index contributed by atoms with van der Waals surface area (Å²) < 4.78 is 4.99. The zero-order valence-electron chi connectivity index (χ0n) is 11.2. The maximum Gasteiger partial charge on any atom is 0.222 e. The molecule has 1 amide bonds. The molecule has 2 rings (SSSR count). The lowest BCUT2D eigenvalue weighted by Gasteiger charge is -2.27. The maximum atomic E-state index is 12.0. The minimum Gasteiger partial charge on any atom is -0.504 e. The van der Waals surface area contributed by atoms with E-state index in [-0.39, 0.29) is 11.7 Å². The first-order chi connectivity index (χ1) is 9.20. The minimum absolute atomic E-state index is 0.120. The highest BCUT2D eigenvalue weighted by atomic mass is 16.5. The Hall–Kier alpha value is -1.75. The topological polar surface area (TPSA) is 61.8 Å². The molecule has 0 bridgehead atoms. The Balaban J connectivity index is 1.87. The third-order valence-electron chi connectivity index (χ3n) is 3.34. The Morgan fingerprint density at radius 3 is 2.79 bits per heavy atom. The molecule has 104 valence electrons. The van der Waals surface area contributed by atoms with Gasteiger partial charge >= 0.3 is 0 Å². The number of rotatable bonds is 4. The first-order valence-electron chi connectivity index (χ1n) is 6.55. The number of amides is 1. The summed E-state index contributed by atoms with van der Waals surface area (Å²) in [7, 11) is 1.52. The van der Waals surface area contributed by atoms with Crippen molar-refractivity contribution in [3.63, 3.8) is 0 Å². The first kappa shape index (κ1) is 13.7. The molecule has 2 N–H and O–H groups in total.